The van der Waals surface area contributed by atoms with Gasteiger partial charge >= 0.3 is 0 Å². The lowest BCUT2D eigenvalue weighted by atomic mass is 10.1. The summed E-state index contributed by atoms with van der Waals surface area (Å²) in [5, 5.41) is 13.7. The number of hydrogen-bond acceptors (Lipinski definition) is 4. The third-order valence-electron chi connectivity index (χ3n) is 5.09. The number of para-hydroxylation sites is 1. The van der Waals surface area contributed by atoms with Gasteiger partial charge in [-0.1, -0.05) is 42.5 Å². The van der Waals surface area contributed by atoms with Crippen molar-refractivity contribution in [1.82, 2.24) is 10.2 Å². The van der Waals surface area contributed by atoms with Crippen LogP contribution in [0.5, 0.6) is 11.5 Å². The van der Waals surface area contributed by atoms with Crippen molar-refractivity contribution in [2.75, 3.05) is 33.4 Å². The number of likely N-dealkylation sites (tertiary alicyclic amines) is 1. The van der Waals surface area contributed by atoms with Crippen molar-refractivity contribution >= 4 is 29.9 Å². The first-order valence-corrected chi connectivity index (χ1v) is 10.2. The molecule has 1 heterocycles. The molecule has 6 nitrogen and oxygen atoms in total. The number of rotatable bonds is 8. The van der Waals surface area contributed by atoms with Crippen molar-refractivity contribution in [1.29, 1.82) is 0 Å². The molecule has 0 aliphatic carbocycles. The summed E-state index contributed by atoms with van der Waals surface area (Å²) in [5.41, 5.74) is 1.96. The van der Waals surface area contributed by atoms with E-state index in [0.717, 1.165) is 44.2 Å². The Morgan fingerprint density at radius 1 is 1.20 bits per heavy atom. The highest BCUT2D eigenvalue weighted by Gasteiger charge is 2.25. The summed E-state index contributed by atoms with van der Waals surface area (Å²) in [6.07, 6.45) is 1.09. The third kappa shape index (κ3) is 6.77. The summed E-state index contributed by atoms with van der Waals surface area (Å²) in [6.45, 7) is 6.54. The highest BCUT2D eigenvalue weighted by Crippen LogP contribution is 2.29. The molecule has 2 N–H and O–H groups in total. The van der Waals surface area contributed by atoms with Crippen LogP contribution in [-0.4, -0.2) is 49.3 Å². The first kappa shape index (κ1) is 24.3. The van der Waals surface area contributed by atoms with Gasteiger partial charge in [-0.15, -0.1) is 24.0 Å². The average Bonchev–Trinajstić information content (AvgIpc) is 3.21. The first-order valence-electron chi connectivity index (χ1n) is 10.2. The number of methoxy groups -OCH3 is 1. The van der Waals surface area contributed by atoms with Crippen molar-refractivity contribution in [3.05, 3.63) is 59.7 Å². The Balaban J connectivity index is 0.00000320. The summed E-state index contributed by atoms with van der Waals surface area (Å²) < 4.78 is 11.1. The van der Waals surface area contributed by atoms with E-state index in [1.165, 1.54) is 5.56 Å². The van der Waals surface area contributed by atoms with E-state index < -0.39 is 0 Å². The monoisotopic (exact) mass is 525 g/mol. The van der Waals surface area contributed by atoms with E-state index >= 15 is 0 Å². The molecular weight excluding hydrogens is 493 g/mol. The standard InChI is InChI=1S/C23H31N3O3.HI/c1-3-24-23(25-14-20-10-7-11-21(28-2)22(20)27)26-13-12-19(15-26)17-29-16-18-8-5-4-6-9-18;/h4-11,19,27H,3,12-17H2,1-2H3,(H,24,25);1H. The molecule has 0 saturated carbocycles. The van der Waals surface area contributed by atoms with E-state index in [1.54, 1.807) is 13.2 Å². The molecule has 1 saturated heterocycles. The van der Waals surface area contributed by atoms with Crippen molar-refractivity contribution in [3.63, 3.8) is 0 Å². The molecule has 0 bridgehead atoms. The zero-order valence-corrected chi connectivity index (χ0v) is 20.0. The summed E-state index contributed by atoms with van der Waals surface area (Å²) in [5.74, 6) is 2.00. The molecule has 1 fully saturated rings. The topological polar surface area (TPSA) is 66.3 Å². The molecule has 0 spiro atoms. The van der Waals surface area contributed by atoms with Crippen LogP contribution in [0, 0.1) is 5.92 Å². The summed E-state index contributed by atoms with van der Waals surface area (Å²) >= 11 is 0. The Labute approximate surface area is 196 Å². The van der Waals surface area contributed by atoms with Crippen LogP contribution in [0.15, 0.2) is 53.5 Å². The minimum absolute atomic E-state index is 0. The second kappa shape index (κ2) is 12.6. The Bertz CT molecular complexity index is 802. The van der Waals surface area contributed by atoms with Gasteiger partial charge in [0.2, 0.25) is 0 Å². The Kier molecular flexibility index (Phi) is 10.2. The Morgan fingerprint density at radius 3 is 2.73 bits per heavy atom. The van der Waals surface area contributed by atoms with Crippen LogP contribution in [-0.2, 0) is 17.9 Å². The molecule has 7 heteroatoms. The molecule has 1 unspecified atom stereocenters. The zero-order valence-electron chi connectivity index (χ0n) is 17.7. The number of benzene rings is 2. The lowest BCUT2D eigenvalue weighted by molar-refractivity contribution is 0.0906. The molecule has 3 rings (SSSR count). The third-order valence-corrected chi connectivity index (χ3v) is 5.09. The molecule has 0 amide bonds. The SMILES string of the molecule is CCNC(=NCc1cccc(OC)c1O)N1CCC(COCc2ccccc2)C1.I. The maximum atomic E-state index is 10.3. The second-order valence-electron chi connectivity index (χ2n) is 7.24. The largest absolute Gasteiger partial charge is 0.504 e. The smallest absolute Gasteiger partial charge is 0.194 e. The fraction of sp³-hybridized carbons (Fsp3) is 0.435. The van der Waals surface area contributed by atoms with Crippen molar-refractivity contribution in [3.8, 4) is 11.5 Å². The fourth-order valence-electron chi connectivity index (χ4n) is 3.52. The molecule has 1 aliphatic heterocycles. The van der Waals surface area contributed by atoms with E-state index in [9.17, 15) is 5.11 Å². The Morgan fingerprint density at radius 2 is 2.00 bits per heavy atom. The lowest BCUT2D eigenvalue weighted by Gasteiger charge is -2.22. The number of halogens is 1. The van der Waals surface area contributed by atoms with Gasteiger partial charge in [0.15, 0.2) is 17.5 Å². The Hall–Kier alpha value is -2.00. The van der Waals surface area contributed by atoms with E-state index in [2.05, 4.69) is 29.3 Å². The first-order chi connectivity index (χ1) is 14.2. The maximum Gasteiger partial charge on any atom is 0.194 e. The number of aromatic hydroxyl groups is 1. The number of aliphatic imine (C=N–C) groups is 1. The number of phenolic OH excluding ortho intramolecular Hbond substituents is 1. The molecule has 2 aromatic carbocycles. The highest BCUT2D eigenvalue weighted by molar-refractivity contribution is 14.0. The summed E-state index contributed by atoms with van der Waals surface area (Å²) in [4.78, 5) is 7.01. The molecule has 2 aromatic rings. The maximum absolute atomic E-state index is 10.3. The normalized spacial score (nSPS) is 16.3. The van der Waals surface area contributed by atoms with E-state index in [1.807, 2.05) is 30.3 Å². The van der Waals surface area contributed by atoms with E-state index in [4.69, 9.17) is 14.5 Å². The van der Waals surface area contributed by atoms with Gasteiger partial charge in [-0.25, -0.2) is 4.99 Å². The summed E-state index contributed by atoms with van der Waals surface area (Å²) in [7, 11) is 1.55. The predicted octanol–water partition coefficient (Wildman–Crippen LogP) is 4.02. The molecule has 1 aliphatic rings. The van der Waals surface area contributed by atoms with Crippen LogP contribution in [0.3, 0.4) is 0 Å². The van der Waals surface area contributed by atoms with Gasteiger partial charge in [-0.05, 0) is 25.0 Å². The van der Waals surface area contributed by atoms with Crippen molar-refractivity contribution < 1.29 is 14.6 Å². The van der Waals surface area contributed by atoms with Crippen molar-refractivity contribution in [2.24, 2.45) is 10.9 Å². The number of guanidine groups is 1. The molecule has 0 radical (unpaired) electrons. The van der Waals surface area contributed by atoms with Crippen LogP contribution in [0.4, 0.5) is 0 Å². The van der Waals surface area contributed by atoms with Gasteiger partial charge in [0.25, 0.3) is 0 Å². The van der Waals surface area contributed by atoms with Crippen LogP contribution < -0.4 is 10.1 Å². The fourth-order valence-corrected chi connectivity index (χ4v) is 3.52. The minimum Gasteiger partial charge on any atom is -0.504 e. The molecule has 164 valence electrons. The van der Waals surface area contributed by atoms with Crippen LogP contribution in [0.2, 0.25) is 0 Å². The van der Waals surface area contributed by atoms with Crippen molar-refractivity contribution in [2.45, 2.75) is 26.5 Å². The molecular formula is C23H32IN3O3. The quantitative estimate of drug-likeness (QED) is 0.310. The molecule has 30 heavy (non-hydrogen) atoms. The van der Waals surface area contributed by atoms with E-state index in [0.29, 0.717) is 24.8 Å². The van der Waals surface area contributed by atoms with Crippen LogP contribution in [0.1, 0.15) is 24.5 Å². The van der Waals surface area contributed by atoms with Gasteiger partial charge in [0.05, 0.1) is 26.9 Å². The second-order valence-corrected chi connectivity index (χ2v) is 7.24. The molecule has 0 aromatic heterocycles. The minimum atomic E-state index is 0. The number of nitrogens with zero attached hydrogens (tertiary/aromatic N) is 2. The summed E-state index contributed by atoms with van der Waals surface area (Å²) in [6, 6.07) is 15.8. The van der Waals surface area contributed by atoms with Gasteiger partial charge in [-0.3, -0.25) is 0 Å². The number of phenols is 1. The average molecular weight is 525 g/mol. The number of hydrogen-bond donors (Lipinski definition) is 2. The highest BCUT2D eigenvalue weighted by atomic mass is 127. The van der Waals surface area contributed by atoms with E-state index in [-0.39, 0.29) is 29.7 Å². The number of ether oxygens (including phenoxy) is 2. The van der Waals surface area contributed by atoms with Gasteiger partial charge < -0.3 is 24.8 Å². The van der Waals surface area contributed by atoms with Crippen LogP contribution >= 0.6 is 24.0 Å². The van der Waals surface area contributed by atoms with Gasteiger partial charge in [0, 0.05) is 31.1 Å². The molecule has 1 atom stereocenters. The van der Waals surface area contributed by atoms with Gasteiger partial charge in [-0.2, -0.15) is 0 Å². The zero-order chi connectivity index (χ0) is 20.5. The lowest BCUT2D eigenvalue weighted by Crippen LogP contribution is -2.40. The van der Waals surface area contributed by atoms with Crippen LogP contribution in [0.25, 0.3) is 0 Å². The number of nitrogens with one attached hydrogen (secondary N) is 1. The van der Waals surface area contributed by atoms with Gasteiger partial charge in [0.1, 0.15) is 0 Å². The predicted molar refractivity (Wildman–Crippen MR) is 131 cm³/mol.